The molecule has 5 rings (SSSR count). The molecule has 1 amide bonds. The quantitative estimate of drug-likeness (QED) is 0.190. The number of carbonyl (C=O) groups excluding carboxylic acids is 1. The van der Waals surface area contributed by atoms with Crippen LogP contribution in [0.25, 0.3) is 10.9 Å². The second-order valence-corrected chi connectivity index (χ2v) is 9.46. The van der Waals surface area contributed by atoms with Crippen LogP contribution >= 0.6 is 0 Å². The number of amides is 1. The summed E-state index contributed by atoms with van der Waals surface area (Å²) in [5.41, 5.74) is 1.53. The van der Waals surface area contributed by atoms with Crippen LogP contribution in [0, 0.1) is 27.2 Å². The number of hydrogen-bond acceptors (Lipinski definition) is 9. The van der Waals surface area contributed by atoms with Crippen molar-refractivity contribution in [1.29, 1.82) is 0 Å². The second-order valence-electron chi connectivity index (χ2n) is 9.46. The molecule has 13 heteroatoms. The van der Waals surface area contributed by atoms with Crippen LogP contribution < -0.4 is 4.90 Å². The largest absolute Gasteiger partial charge is 0.493 e. The van der Waals surface area contributed by atoms with Gasteiger partial charge in [0.15, 0.2) is 5.69 Å². The number of piperazine rings is 1. The van der Waals surface area contributed by atoms with E-state index in [9.17, 15) is 30.1 Å². The predicted molar refractivity (Wildman–Crippen MR) is 147 cm³/mol. The smallest absolute Gasteiger partial charge is 0.295 e. The molecule has 13 nitrogen and oxygen atoms in total. The summed E-state index contributed by atoms with van der Waals surface area (Å²) < 4.78 is 1.69. The van der Waals surface area contributed by atoms with Gasteiger partial charge in [-0.05, 0) is 30.7 Å². The number of para-hydroxylation sites is 1. The number of azo groups is 1. The highest BCUT2D eigenvalue weighted by Gasteiger charge is 2.23. The molecule has 3 aromatic carbocycles. The lowest BCUT2D eigenvalue weighted by molar-refractivity contribution is -0.394. The van der Waals surface area contributed by atoms with E-state index in [0.717, 1.165) is 44.4 Å². The molecule has 2 heterocycles. The molecule has 0 radical (unpaired) electrons. The van der Waals surface area contributed by atoms with E-state index < -0.39 is 27.1 Å². The number of carbonyl (C=O) groups is 1. The molecule has 4 aromatic rings. The Morgan fingerprint density at radius 1 is 0.925 bits per heavy atom. The fraction of sp³-hybridized carbons (Fsp3) is 0.222. The number of anilines is 1. The van der Waals surface area contributed by atoms with Gasteiger partial charge in [0.2, 0.25) is 5.88 Å². The Kier molecular flexibility index (Phi) is 7.21. The van der Waals surface area contributed by atoms with Crippen LogP contribution in [0.2, 0.25) is 0 Å². The molecule has 0 atom stereocenters. The van der Waals surface area contributed by atoms with Crippen molar-refractivity contribution in [3.63, 3.8) is 0 Å². The Bertz CT molecular complexity index is 1620. The Labute approximate surface area is 227 Å². The minimum absolute atomic E-state index is 0.0577. The molecule has 0 saturated carbocycles. The number of nitrogens with zero attached hydrogens (tertiary/aromatic N) is 7. The van der Waals surface area contributed by atoms with Gasteiger partial charge in [0.05, 0.1) is 33.7 Å². The highest BCUT2D eigenvalue weighted by Crippen LogP contribution is 2.39. The van der Waals surface area contributed by atoms with Crippen LogP contribution in [0.15, 0.2) is 77.0 Å². The van der Waals surface area contributed by atoms with E-state index in [1.54, 1.807) is 16.7 Å². The van der Waals surface area contributed by atoms with Crippen molar-refractivity contribution in [2.24, 2.45) is 10.2 Å². The van der Waals surface area contributed by atoms with Gasteiger partial charge in [-0.3, -0.25) is 34.5 Å². The molecular weight excluding hydrogens is 518 g/mol. The van der Waals surface area contributed by atoms with E-state index >= 15 is 0 Å². The third-order valence-corrected chi connectivity index (χ3v) is 6.81. The Balaban J connectivity index is 1.38. The molecule has 1 N–H and O–H groups in total. The highest BCUT2D eigenvalue weighted by molar-refractivity contribution is 5.98. The maximum Gasteiger partial charge on any atom is 0.295 e. The fourth-order valence-electron chi connectivity index (χ4n) is 4.77. The summed E-state index contributed by atoms with van der Waals surface area (Å²) >= 11 is 0. The normalized spacial score (nSPS) is 14.2. The number of fused-ring (bicyclic) bond motifs is 1. The number of nitro groups is 2. The zero-order valence-corrected chi connectivity index (χ0v) is 21.5. The first-order chi connectivity index (χ1) is 19.2. The average Bonchev–Trinajstić information content (AvgIpc) is 3.22. The summed E-state index contributed by atoms with van der Waals surface area (Å²) in [5.74, 6) is -1.21. The molecule has 0 unspecified atom stereocenters. The summed E-state index contributed by atoms with van der Waals surface area (Å²) in [7, 11) is 0. The molecule has 204 valence electrons. The van der Waals surface area contributed by atoms with Crippen molar-refractivity contribution < 1.29 is 19.7 Å². The number of nitro benzene ring substituents is 2. The van der Waals surface area contributed by atoms with Crippen LogP contribution in [-0.4, -0.2) is 56.5 Å². The fourth-order valence-corrected chi connectivity index (χ4v) is 4.77. The molecular formula is C27H25N7O6. The van der Waals surface area contributed by atoms with Crippen molar-refractivity contribution in [1.82, 2.24) is 9.47 Å². The van der Waals surface area contributed by atoms with Gasteiger partial charge in [0.1, 0.15) is 0 Å². The summed E-state index contributed by atoms with van der Waals surface area (Å²) in [6, 6.07) is 18.1. The van der Waals surface area contributed by atoms with Crippen molar-refractivity contribution in [2.45, 2.75) is 13.6 Å². The van der Waals surface area contributed by atoms with E-state index in [1.165, 1.54) is 11.3 Å². The zero-order valence-electron chi connectivity index (χ0n) is 21.5. The number of aromatic nitrogens is 1. The van der Waals surface area contributed by atoms with Crippen molar-refractivity contribution in [2.75, 3.05) is 31.1 Å². The van der Waals surface area contributed by atoms with Gasteiger partial charge in [-0.15, -0.1) is 10.2 Å². The van der Waals surface area contributed by atoms with E-state index in [4.69, 9.17) is 0 Å². The minimum atomic E-state index is -1.02. The van der Waals surface area contributed by atoms with Gasteiger partial charge < -0.3 is 10.0 Å². The van der Waals surface area contributed by atoms with Gasteiger partial charge in [-0.1, -0.05) is 30.3 Å². The van der Waals surface area contributed by atoms with Crippen LogP contribution in [0.1, 0.15) is 15.9 Å². The SMILES string of the molecule is Cc1cccc(N2CCN(Cn3c(O)c(N=NC(=O)c4cc([N+](=O)[O-])cc([N+](=O)[O-])c4)c4ccccc43)CC2)c1. The standard InChI is InChI=1S/C27H25N7O6/c1-18-5-4-6-20(13-18)31-11-9-30(10-12-31)17-32-24-8-3-2-7-23(24)25(27(32)36)28-29-26(35)19-14-21(33(37)38)16-22(15-19)34(39)40/h2-8,13-16,36H,9-12,17H2,1H3. The van der Waals surface area contributed by atoms with Gasteiger partial charge in [0, 0.05) is 49.4 Å². The first-order valence-electron chi connectivity index (χ1n) is 12.5. The van der Waals surface area contributed by atoms with Crippen LogP contribution in [0.5, 0.6) is 5.88 Å². The first kappa shape index (κ1) is 26.4. The van der Waals surface area contributed by atoms with E-state index in [-0.39, 0.29) is 17.1 Å². The molecule has 1 saturated heterocycles. The van der Waals surface area contributed by atoms with Crippen molar-refractivity contribution in [3.05, 3.63) is 98.1 Å². The van der Waals surface area contributed by atoms with Crippen molar-refractivity contribution >= 4 is 39.6 Å². The number of hydrogen-bond donors (Lipinski definition) is 1. The summed E-state index contributed by atoms with van der Waals surface area (Å²) in [4.78, 5) is 37.9. The summed E-state index contributed by atoms with van der Waals surface area (Å²) in [6.45, 7) is 5.62. The van der Waals surface area contributed by atoms with Crippen LogP contribution in [0.3, 0.4) is 0 Å². The van der Waals surface area contributed by atoms with E-state index in [2.05, 4.69) is 45.2 Å². The lowest BCUT2D eigenvalue weighted by Gasteiger charge is -2.36. The van der Waals surface area contributed by atoms with Crippen molar-refractivity contribution in [3.8, 4) is 5.88 Å². The number of non-ortho nitro benzene ring substituents is 2. The number of rotatable bonds is 7. The van der Waals surface area contributed by atoms with E-state index in [1.807, 2.05) is 18.2 Å². The maximum absolute atomic E-state index is 12.7. The topological polar surface area (TPSA) is 160 Å². The zero-order chi connectivity index (χ0) is 28.4. The first-order valence-corrected chi connectivity index (χ1v) is 12.5. The van der Waals surface area contributed by atoms with Gasteiger partial charge >= 0.3 is 0 Å². The molecule has 0 spiro atoms. The van der Waals surface area contributed by atoms with Gasteiger partial charge in [-0.2, -0.15) is 0 Å². The predicted octanol–water partition coefficient (Wildman–Crippen LogP) is 5.18. The molecule has 1 fully saturated rings. The van der Waals surface area contributed by atoms with Crippen LogP contribution in [-0.2, 0) is 6.67 Å². The van der Waals surface area contributed by atoms with Gasteiger partial charge in [-0.25, -0.2) is 0 Å². The van der Waals surface area contributed by atoms with E-state index in [0.29, 0.717) is 17.6 Å². The molecule has 40 heavy (non-hydrogen) atoms. The molecule has 1 aliphatic rings. The molecule has 0 bridgehead atoms. The van der Waals surface area contributed by atoms with Gasteiger partial charge in [0.25, 0.3) is 17.3 Å². The van der Waals surface area contributed by atoms with Crippen LogP contribution in [0.4, 0.5) is 22.7 Å². The lowest BCUT2D eigenvalue weighted by Crippen LogP contribution is -2.46. The number of benzene rings is 3. The Hall–Kier alpha value is -5.17. The maximum atomic E-state index is 12.7. The Morgan fingerprint density at radius 3 is 2.25 bits per heavy atom. The molecule has 0 aliphatic carbocycles. The minimum Gasteiger partial charge on any atom is -0.493 e. The third kappa shape index (κ3) is 5.35. The third-order valence-electron chi connectivity index (χ3n) is 6.81. The highest BCUT2D eigenvalue weighted by atomic mass is 16.6. The molecule has 1 aromatic heterocycles. The number of aromatic hydroxyl groups is 1. The summed E-state index contributed by atoms with van der Waals surface area (Å²) in [5, 5.41) is 41.6. The average molecular weight is 544 g/mol. The summed E-state index contributed by atoms with van der Waals surface area (Å²) in [6.07, 6.45) is 0. The number of aryl methyl sites for hydroxylation is 1. The molecule has 1 aliphatic heterocycles. The second kappa shape index (κ2) is 10.9. The Morgan fingerprint density at radius 2 is 1.60 bits per heavy atom. The monoisotopic (exact) mass is 543 g/mol. The lowest BCUT2D eigenvalue weighted by atomic mass is 10.1.